The summed E-state index contributed by atoms with van der Waals surface area (Å²) in [4.78, 5) is 11.8. The molecular weight excluding hydrogens is 247 g/mol. The molecular formula is C13H15FN4O. The molecule has 0 atom stereocenters. The van der Waals surface area contributed by atoms with Gasteiger partial charge >= 0.3 is 0 Å². The van der Waals surface area contributed by atoms with Crippen molar-refractivity contribution < 1.29 is 9.18 Å². The fourth-order valence-electron chi connectivity index (χ4n) is 1.69. The van der Waals surface area contributed by atoms with Crippen molar-refractivity contribution >= 4 is 17.4 Å². The predicted octanol–water partition coefficient (Wildman–Crippen LogP) is 1.86. The maximum absolute atomic E-state index is 13.5. The minimum atomic E-state index is -0.463. The molecule has 0 bridgehead atoms. The second-order valence-electron chi connectivity index (χ2n) is 4.43. The molecule has 19 heavy (non-hydrogen) atoms. The summed E-state index contributed by atoms with van der Waals surface area (Å²) in [5, 5.41) is 6.48. The minimum Gasteiger partial charge on any atom is -0.382 e. The van der Waals surface area contributed by atoms with Crippen LogP contribution in [0.1, 0.15) is 11.1 Å². The van der Waals surface area contributed by atoms with Crippen LogP contribution in [-0.2, 0) is 11.3 Å². The molecule has 0 aliphatic rings. The maximum atomic E-state index is 13.5. The number of hydrogen-bond acceptors (Lipinski definition) is 3. The SMILES string of the molecule is Cc1ccc(F)c(NC(=O)Cn2cc(C)c(N)n2)c1. The zero-order valence-electron chi connectivity index (χ0n) is 10.8. The molecule has 0 spiro atoms. The topological polar surface area (TPSA) is 72.9 Å². The predicted molar refractivity (Wildman–Crippen MR) is 71.1 cm³/mol. The van der Waals surface area contributed by atoms with Crippen LogP contribution in [0.3, 0.4) is 0 Å². The summed E-state index contributed by atoms with van der Waals surface area (Å²) in [5.74, 6) is -0.434. The lowest BCUT2D eigenvalue weighted by Gasteiger charge is -2.07. The van der Waals surface area contributed by atoms with Crippen molar-refractivity contribution in [2.75, 3.05) is 11.1 Å². The third-order valence-corrected chi connectivity index (χ3v) is 2.68. The summed E-state index contributed by atoms with van der Waals surface area (Å²) in [7, 11) is 0. The molecule has 100 valence electrons. The van der Waals surface area contributed by atoms with Gasteiger partial charge in [0.05, 0.1) is 5.69 Å². The normalized spacial score (nSPS) is 10.5. The summed E-state index contributed by atoms with van der Waals surface area (Å²) in [6, 6.07) is 4.54. The van der Waals surface area contributed by atoms with Crippen molar-refractivity contribution in [3.05, 3.63) is 41.3 Å². The fourth-order valence-corrected chi connectivity index (χ4v) is 1.69. The van der Waals surface area contributed by atoms with Crippen molar-refractivity contribution in [1.29, 1.82) is 0 Å². The molecule has 6 heteroatoms. The third-order valence-electron chi connectivity index (χ3n) is 2.68. The number of rotatable bonds is 3. The Hall–Kier alpha value is -2.37. The number of anilines is 2. The Kier molecular flexibility index (Phi) is 3.50. The van der Waals surface area contributed by atoms with Gasteiger partial charge in [-0.05, 0) is 31.5 Å². The highest BCUT2D eigenvalue weighted by Gasteiger charge is 2.09. The Morgan fingerprint density at radius 3 is 2.84 bits per heavy atom. The number of aryl methyl sites for hydroxylation is 2. The Morgan fingerprint density at radius 1 is 1.47 bits per heavy atom. The van der Waals surface area contributed by atoms with Gasteiger partial charge in [0.1, 0.15) is 18.2 Å². The second kappa shape index (κ2) is 5.09. The summed E-state index contributed by atoms with van der Waals surface area (Å²) >= 11 is 0. The lowest BCUT2D eigenvalue weighted by Crippen LogP contribution is -2.19. The third kappa shape index (κ3) is 3.09. The van der Waals surface area contributed by atoms with Crippen LogP contribution in [0.2, 0.25) is 0 Å². The first kappa shape index (κ1) is 13.1. The van der Waals surface area contributed by atoms with Gasteiger partial charge in [0.15, 0.2) is 0 Å². The Balaban J connectivity index is 2.07. The van der Waals surface area contributed by atoms with E-state index < -0.39 is 5.82 Å². The van der Waals surface area contributed by atoms with Gasteiger partial charge in [-0.2, -0.15) is 5.10 Å². The summed E-state index contributed by atoms with van der Waals surface area (Å²) < 4.78 is 14.9. The van der Waals surface area contributed by atoms with Crippen LogP contribution in [0, 0.1) is 19.7 Å². The van der Waals surface area contributed by atoms with Gasteiger partial charge in [-0.1, -0.05) is 6.07 Å². The number of nitrogen functional groups attached to an aromatic ring is 1. The number of nitrogens with one attached hydrogen (secondary N) is 1. The molecule has 2 rings (SSSR count). The number of nitrogens with zero attached hydrogens (tertiary/aromatic N) is 2. The number of amides is 1. The van der Waals surface area contributed by atoms with Crippen molar-refractivity contribution in [3.63, 3.8) is 0 Å². The van der Waals surface area contributed by atoms with Crippen LogP contribution >= 0.6 is 0 Å². The molecule has 0 unspecified atom stereocenters. The van der Waals surface area contributed by atoms with Gasteiger partial charge in [-0.25, -0.2) is 4.39 Å². The van der Waals surface area contributed by atoms with E-state index in [9.17, 15) is 9.18 Å². The Labute approximate surface area is 110 Å². The number of hydrogen-bond donors (Lipinski definition) is 2. The Bertz CT molecular complexity index is 602. The monoisotopic (exact) mass is 262 g/mol. The standard InChI is InChI=1S/C13H15FN4O/c1-8-3-4-10(14)11(5-8)16-12(19)7-18-6-9(2)13(15)17-18/h3-6H,7H2,1-2H3,(H2,15,17)(H,16,19). The number of carbonyl (C=O) groups is 1. The zero-order chi connectivity index (χ0) is 14.0. The molecule has 1 heterocycles. The number of nitrogens with two attached hydrogens (primary N) is 1. The lowest BCUT2D eigenvalue weighted by molar-refractivity contribution is -0.116. The van der Waals surface area contributed by atoms with Crippen molar-refractivity contribution in [1.82, 2.24) is 9.78 Å². The van der Waals surface area contributed by atoms with E-state index in [4.69, 9.17) is 5.73 Å². The number of carbonyl (C=O) groups excluding carboxylic acids is 1. The molecule has 0 saturated carbocycles. The summed E-state index contributed by atoms with van der Waals surface area (Å²) in [6.45, 7) is 3.62. The van der Waals surface area contributed by atoms with Gasteiger partial charge in [0.2, 0.25) is 5.91 Å². The minimum absolute atomic E-state index is 0.00851. The van der Waals surface area contributed by atoms with Crippen LogP contribution in [0.4, 0.5) is 15.9 Å². The van der Waals surface area contributed by atoms with E-state index in [1.807, 2.05) is 6.92 Å². The molecule has 2 aromatic rings. The zero-order valence-corrected chi connectivity index (χ0v) is 10.8. The van der Waals surface area contributed by atoms with E-state index in [0.717, 1.165) is 11.1 Å². The highest BCUT2D eigenvalue weighted by atomic mass is 19.1. The van der Waals surface area contributed by atoms with E-state index in [-0.39, 0.29) is 18.1 Å². The van der Waals surface area contributed by atoms with Crippen LogP contribution < -0.4 is 11.1 Å². The van der Waals surface area contributed by atoms with Gasteiger partial charge < -0.3 is 11.1 Å². The first-order valence-electron chi connectivity index (χ1n) is 5.81. The molecule has 1 aromatic carbocycles. The maximum Gasteiger partial charge on any atom is 0.246 e. The second-order valence-corrected chi connectivity index (χ2v) is 4.43. The first-order valence-corrected chi connectivity index (χ1v) is 5.81. The van der Waals surface area contributed by atoms with E-state index in [0.29, 0.717) is 5.82 Å². The molecule has 3 N–H and O–H groups in total. The van der Waals surface area contributed by atoms with E-state index in [1.54, 1.807) is 25.3 Å². The van der Waals surface area contributed by atoms with E-state index in [2.05, 4.69) is 10.4 Å². The van der Waals surface area contributed by atoms with Crippen LogP contribution in [-0.4, -0.2) is 15.7 Å². The highest BCUT2D eigenvalue weighted by Crippen LogP contribution is 2.15. The molecule has 1 amide bonds. The smallest absolute Gasteiger partial charge is 0.246 e. The molecule has 5 nitrogen and oxygen atoms in total. The average Bonchev–Trinajstić information content (AvgIpc) is 2.63. The summed E-state index contributed by atoms with van der Waals surface area (Å²) in [5.41, 5.74) is 7.43. The fraction of sp³-hybridized carbons (Fsp3) is 0.231. The molecule has 0 saturated heterocycles. The number of aromatic nitrogens is 2. The van der Waals surface area contributed by atoms with Crippen molar-refractivity contribution in [2.45, 2.75) is 20.4 Å². The van der Waals surface area contributed by atoms with Crippen molar-refractivity contribution in [3.8, 4) is 0 Å². The molecule has 0 aliphatic carbocycles. The van der Waals surface area contributed by atoms with Crippen LogP contribution in [0.5, 0.6) is 0 Å². The summed E-state index contributed by atoms with van der Waals surface area (Å²) in [6.07, 6.45) is 1.67. The lowest BCUT2D eigenvalue weighted by atomic mass is 10.2. The molecule has 1 aromatic heterocycles. The van der Waals surface area contributed by atoms with Gasteiger partial charge in [0.25, 0.3) is 0 Å². The number of halogens is 1. The van der Waals surface area contributed by atoms with Crippen LogP contribution in [0.25, 0.3) is 0 Å². The highest BCUT2D eigenvalue weighted by molar-refractivity contribution is 5.90. The van der Waals surface area contributed by atoms with E-state index in [1.165, 1.54) is 10.7 Å². The van der Waals surface area contributed by atoms with Crippen LogP contribution in [0.15, 0.2) is 24.4 Å². The molecule has 0 fully saturated rings. The average molecular weight is 262 g/mol. The Morgan fingerprint density at radius 2 is 2.21 bits per heavy atom. The first-order chi connectivity index (χ1) is 8.95. The van der Waals surface area contributed by atoms with Crippen molar-refractivity contribution in [2.24, 2.45) is 0 Å². The molecule has 0 radical (unpaired) electrons. The largest absolute Gasteiger partial charge is 0.382 e. The van der Waals surface area contributed by atoms with E-state index >= 15 is 0 Å². The molecule has 0 aliphatic heterocycles. The quantitative estimate of drug-likeness (QED) is 0.886. The van der Waals surface area contributed by atoms with Gasteiger partial charge in [-0.15, -0.1) is 0 Å². The van der Waals surface area contributed by atoms with Gasteiger partial charge in [-0.3, -0.25) is 9.48 Å². The number of benzene rings is 1. The van der Waals surface area contributed by atoms with Gasteiger partial charge in [0, 0.05) is 11.8 Å².